The van der Waals surface area contributed by atoms with Gasteiger partial charge < -0.3 is 0 Å². The molecule has 0 aliphatic heterocycles. The number of fused-ring (bicyclic) bond motifs is 18. The zero-order valence-electron chi connectivity index (χ0n) is 29.0. The first-order valence-electron chi connectivity index (χ1n) is 18.0. The molecule has 4 heterocycles. The Hall–Kier alpha value is -8.25. The van der Waals surface area contributed by atoms with Crippen molar-refractivity contribution < 1.29 is 0 Å². The van der Waals surface area contributed by atoms with Gasteiger partial charge in [0.25, 0.3) is 0 Å². The van der Waals surface area contributed by atoms with Crippen LogP contribution in [0.2, 0.25) is 0 Å². The average molecular weight is 739 g/mol. The minimum atomic E-state index is -0.310. The summed E-state index contributed by atoms with van der Waals surface area (Å²) in [5.74, 6) is 0.887. The summed E-state index contributed by atoms with van der Waals surface area (Å²) in [5, 5.41) is 3.09. The van der Waals surface area contributed by atoms with E-state index in [4.69, 9.17) is 15.0 Å². The highest BCUT2D eigenvalue weighted by molar-refractivity contribution is 6.08. The predicted octanol–water partition coefficient (Wildman–Crippen LogP) is 5.48. The second-order valence-corrected chi connectivity index (χ2v) is 14.5. The molecule has 0 amide bonds. The highest BCUT2D eigenvalue weighted by Gasteiger charge is 2.25. The number of hydrogen-bond donors (Lipinski definition) is 0. The smallest absolute Gasteiger partial charge is 0.225 e. The third-order valence-electron chi connectivity index (χ3n) is 11.6. The Morgan fingerprint density at radius 3 is 0.719 bits per heavy atom. The Labute approximate surface area is 313 Å². The molecule has 0 fully saturated rings. The molecule has 12 heteroatoms. The summed E-state index contributed by atoms with van der Waals surface area (Å²) in [6, 6.07) is 29.8. The van der Waals surface area contributed by atoms with E-state index in [-0.39, 0.29) is 64.9 Å². The summed E-state index contributed by atoms with van der Waals surface area (Å²) < 4.78 is 5.21. The standard InChI is InChI=1S/C45H18N6O6/c52-37-19-7-1-4-10-22(19)40(55)28-16-34-31(13-25(28)37)46-43-49(34)44-47-33-15-27-30(42(57)24-12-6-3-9-21(24)39(27)54)18-36(33)51(44)45-48-32-14-26-29(17-35(32)50(43)45)41(56)23-11-5-2-8-20(23)38(26)53/h1-18H. The van der Waals surface area contributed by atoms with Crippen molar-refractivity contribution in [3.05, 3.63) is 171 Å². The van der Waals surface area contributed by atoms with E-state index in [1.807, 2.05) is 0 Å². The van der Waals surface area contributed by atoms with E-state index in [2.05, 4.69) is 0 Å². The molecule has 0 atom stereocenters. The van der Waals surface area contributed by atoms with Crippen molar-refractivity contribution in [3.8, 4) is 0 Å². The predicted molar refractivity (Wildman–Crippen MR) is 221 cm³/mol. The van der Waals surface area contributed by atoms with Crippen molar-refractivity contribution in [3.63, 3.8) is 0 Å². The molecule has 0 N–H and O–H groups in total. The van der Waals surface area contributed by atoms with Crippen LogP contribution in [0, 0.1) is 0 Å². The molecule has 264 valence electrons. The van der Waals surface area contributed by atoms with Crippen molar-refractivity contribution in [2.24, 2.45) is 0 Å². The summed E-state index contributed by atoms with van der Waals surface area (Å²) in [5.41, 5.74) is 0.686. The summed E-state index contributed by atoms with van der Waals surface area (Å²) in [7, 11) is 0. The van der Waals surface area contributed by atoms with Gasteiger partial charge in [-0.25, -0.2) is 28.2 Å². The van der Waals surface area contributed by atoms with Gasteiger partial charge in [-0.3, -0.25) is 28.8 Å². The highest BCUT2D eigenvalue weighted by Crippen LogP contribution is 2.32. The van der Waals surface area contributed by atoms with Gasteiger partial charge in [0.2, 0.25) is 17.3 Å². The molecule has 9 aromatic carbocycles. The average Bonchev–Trinajstić information content (AvgIpc) is 3.92. The summed E-state index contributed by atoms with van der Waals surface area (Å²) in [6.45, 7) is 0. The van der Waals surface area contributed by atoms with Gasteiger partial charge in [-0.1, -0.05) is 72.8 Å². The van der Waals surface area contributed by atoms with Crippen molar-refractivity contribution in [2.45, 2.75) is 0 Å². The first-order chi connectivity index (χ1) is 27.8. The molecule has 13 aromatic rings. The van der Waals surface area contributed by atoms with Crippen LogP contribution in [-0.4, -0.2) is 28.2 Å². The minimum absolute atomic E-state index is 0.208. The zero-order chi connectivity index (χ0) is 38.2. The topological polar surface area (TPSA) is 154 Å². The second-order valence-electron chi connectivity index (χ2n) is 14.5. The van der Waals surface area contributed by atoms with E-state index in [0.717, 1.165) is 0 Å². The molecule has 0 radical (unpaired) electrons. The Balaban J connectivity index is 1.29. The van der Waals surface area contributed by atoms with Crippen LogP contribution in [0.25, 0.3) is 115 Å². The van der Waals surface area contributed by atoms with E-state index in [1.54, 1.807) is 122 Å². The van der Waals surface area contributed by atoms with E-state index < -0.39 is 0 Å². The van der Waals surface area contributed by atoms with Crippen molar-refractivity contribution >= 4 is 115 Å². The van der Waals surface area contributed by atoms with Gasteiger partial charge in [0.1, 0.15) is 0 Å². The van der Waals surface area contributed by atoms with E-state index in [9.17, 15) is 28.8 Å². The lowest BCUT2D eigenvalue weighted by molar-refractivity contribution is 1.02. The van der Waals surface area contributed by atoms with Crippen LogP contribution in [0.15, 0.2) is 138 Å². The van der Waals surface area contributed by atoms with Crippen LogP contribution < -0.4 is 32.6 Å². The van der Waals surface area contributed by atoms with Crippen molar-refractivity contribution in [1.29, 1.82) is 0 Å². The number of aromatic nitrogens is 6. The maximum Gasteiger partial charge on any atom is 0.225 e. The van der Waals surface area contributed by atoms with Gasteiger partial charge in [0.15, 0.2) is 32.6 Å². The van der Waals surface area contributed by atoms with Gasteiger partial charge in [-0.05, 0) is 36.4 Å². The van der Waals surface area contributed by atoms with Crippen LogP contribution in [0.5, 0.6) is 0 Å². The Morgan fingerprint density at radius 1 is 0.281 bits per heavy atom. The summed E-state index contributed by atoms with van der Waals surface area (Å²) >= 11 is 0. The molecule has 0 spiro atoms. The lowest BCUT2D eigenvalue weighted by Crippen LogP contribution is -2.13. The fourth-order valence-electron chi connectivity index (χ4n) is 9.01. The Kier molecular flexibility index (Phi) is 5.22. The molecule has 0 saturated carbocycles. The molecule has 0 bridgehead atoms. The Bertz CT molecular complexity index is 4000. The zero-order valence-corrected chi connectivity index (χ0v) is 29.0. The monoisotopic (exact) mass is 738 g/mol. The number of nitrogens with zero attached hydrogens (tertiary/aromatic N) is 6. The normalized spacial score (nSPS) is 12.6. The molecule has 57 heavy (non-hydrogen) atoms. The highest BCUT2D eigenvalue weighted by atomic mass is 16.1. The lowest BCUT2D eigenvalue weighted by Gasteiger charge is -2.06. The molecular formula is C45H18N6O6. The van der Waals surface area contributed by atoms with Gasteiger partial charge in [-0.2, -0.15) is 0 Å². The molecular weight excluding hydrogens is 721 g/mol. The number of hydrogen-bond acceptors (Lipinski definition) is 9. The van der Waals surface area contributed by atoms with Crippen LogP contribution in [0.4, 0.5) is 0 Å². The largest absolute Gasteiger partial charge is 0.289 e. The molecule has 4 aromatic heterocycles. The van der Waals surface area contributed by atoms with Crippen LogP contribution >= 0.6 is 0 Å². The molecule has 12 nitrogen and oxygen atoms in total. The van der Waals surface area contributed by atoms with Crippen LogP contribution in [0.1, 0.15) is 0 Å². The molecule has 13 rings (SSSR count). The first kappa shape index (κ1) is 30.1. The minimum Gasteiger partial charge on any atom is -0.289 e. The lowest BCUT2D eigenvalue weighted by atomic mass is 10.0. The van der Waals surface area contributed by atoms with Gasteiger partial charge in [0, 0.05) is 64.6 Å². The molecule has 0 saturated heterocycles. The quantitative estimate of drug-likeness (QED) is 0.184. The first-order valence-corrected chi connectivity index (χ1v) is 18.0. The second kappa shape index (κ2) is 9.88. The number of rotatable bonds is 0. The summed E-state index contributed by atoms with van der Waals surface area (Å²) in [4.78, 5) is 98.3. The van der Waals surface area contributed by atoms with Crippen LogP contribution in [-0.2, 0) is 0 Å². The molecule has 0 aliphatic rings. The SMILES string of the molecule is O=c1c2ccccc2c(=O)c2cc3c(cc12)nc1n3c2nc3cc4c(=O)c5ccccc5c(=O)c4cc3n2c2nc3cc4c(=O)c5ccccc5c(=O)c4cc3n12. The fourth-order valence-corrected chi connectivity index (χ4v) is 9.01. The van der Waals surface area contributed by atoms with E-state index >= 15 is 0 Å². The van der Waals surface area contributed by atoms with Gasteiger partial charge in [0.05, 0.1) is 33.1 Å². The maximum absolute atomic E-state index is 13.9. The Morgan fingerprint density at radius 2 is 0.491 bits per heavy atom. The van der Waals surface area contributed by atoms with Crippen molar-refractivity contribution in [1.82, 2.24) is 28.2 Å². The van der Waals surface area contributed by atoms with E-state index in [0.29, 0.717) is 82.8 Å². The molecule has 0 unspecified atom stereocenters. The summed E-state index contributed by atoms with van der Waals surface area (Å²) in [6.07, 6.45) is 0. The number of imidazole rings is 3. The van der Waals surface area contributed by atoms with Crippen LogP contribution in [0.3, 0.4) is 0 Å². The molecule has 0 aliphatic carbocycles. The van der Waals surface area contributed by atoms with Gasteiger partial charge >= 0.3 is 0 Å². The number of benzene rings is 9. The van der Waals surface area contributed by atoms with Gasteiger partial charge in [-0.15, -0.1) is 0 Å². The third kappa shape index (κ3) is 3.51. The maximum atomic E-state index is 13.9. The third-order valence-corrected chi connectivity index (χ3v) is 11.6. The van der Waals surface area contributed by atoms with Crippen molar-refractivity contribution in [2.75, 3.05) is 0 Å². The fraction of sp³-hybridized carbons (Fsp3) is 0. The van der Waals surface area contributed by atoms with E-state index in [1.165, 1.54) is 0 Å².